The van der Waals surface area contributed by atoms with Gasteiger partial charge in [-0.25, -0.2) is 4.99 Å². The number of hydrogen-bond acceptors (Lipinski definition) is 4. The highest BCUT2D eigenvalue weighted by molar-refractivity contribution is 14.0. The van der Waals surface area contributed by atoms with Crippen LogP contribution in [0.3, 0.4) is 0 Å². The van der Waals surface area contributed by atoms with Gasteiger partial charge in [0.2, 0.25) is 0 Å². The summed E-state index contributed by atoms with van der Waals surface area (Å²) in [6.45, 7) is 6.80. The van der Waals surface area contributed by atoms with Gasteiger partial charge in [0, 0.05) is 13.1 Å². The van der Waals surface area contributed by atoms with Gasteiger partial charge in [0.25, 0.3) is 0 Å². The zero-order valence-electron chi connectivity index (χ0n) is 17.7. The van der Waals surface area contributed by atoms with Crippen molar-refractivity contribution in [3.8, 4) is 17.2 Å². The van der Waals surface area contributed by atoms with Crippen molar-refractivity contribution in [2.45, 2.75) is 33.4 Å². The van der Waals surface area contributed by atoms with Gasteiger partial charge in [0.1, 0.15) is 5.75 Å². The number of nitrogens with zero attached hydrogens (tertiary/aromatic N) is 1. The van der Waals surface area contributed by atoms with Gasteiger partial charge in [-0.1, -0.05) is 25.1 Å². The van der Waals surface area contributed by atoms with Crippen molar-refractivity contribution in [1.82, 2.24) is 10.6 Å². The van der Waals surface area contributed by atoms with Crippen molar-refractivity contribution in [1.29, 1.82) is 0 Å². The zero-order chi connectivity index (χ0) is 20.2. The van der Waals surface area contributed by atoms with Gasteiger partial charge in [-0.3, -0.25) is 0 Å². The molecule has 0 amide bonds. The number of aliphatic imine (C=N–C) groups is 1. The minimum atomic E-state index is 0. The van der Waals surface area contributed by atoms with E-state index in [4.69, 9.17) is 14.2 Å². The molecule has 0 radical (unpaired) electrons. The van der Waals surface area contributed by atoms with Crippen LogP contribution >= 0.6 is 24.0 Å². The molecule has 29 heavy (non-hydrogen) atoms. The summed E-state index contributed by atoms with van der Waals surface area (Å²) in [4.78, 5) is 4.66. The van der Waals surface area contributed by atoms with Crippen molar-refractivity contribution in [2.24, 2.45) is 4.99 Å². The molecule has 7 heteroatoms. The Morgan fingerprint density at radius 2 is 1.76 bits per heavy atom. The Morgan fingerprint density at radius 1 is 0.931 bits per heavy atom. The van der Waals surface area contributed by atoms with Crippen LogP contribution < -0.4 is 24.8 Å². The maximum absolute atomic E-state index is 5.71. The number of nitrogens with one attached hydrogen (secondary N) is 2. The smallest absolute Gasteiger partial charge is 0.191 e. The topological polar surface area (TPSA) is 64.1 Å². The molecule has 2 rings (SSSR count). The van der Waals surface area contributed by atoms with Gasteiger partial charge in [0.05, 0.1) is 27.4 Å². The lowest BCUT2D eigenvalue weighted by Gasteiger charge is -2.14. The number of rotatable bonds is 10. The Hall–Kier alpha value is -2.16. The molecule has 0 atom stereocenters. The molecular weight excluding hydrogens is 481 g/mol. The molecule has 0 heterocycles. The first-order chi connectivity index (χ1) is 13.7. The molecule has 2 aromatic rings. The predicted octanol–water partition coefficient (Wildman–Crippen LogP) is 4.37. The minimum Gasteiger partial charge on any atom is -0.497 e. The number of halogens is 1. The second-order valence-corrected chi connectivity index (χ2v) is 6.23. The monoisotopic (exact) mass is 513 g/mol. The fraction of sp³-hybridized carbons (Fsp3) is 0.409. The SMILES string of the molecule is CCCOc1ccc(CNC(=NCc2cccc(OC)c2)NCC)cc1OC.I. The molecule has 0 bridgehead atoms. The van der Waals surface area contributed by atoms with Crippen LogP contribution in [0.1, 0.15) is 31.4 Å². The minimum absolute atomic E-state index is 0. The lowest BCUT2D eigenvalue weighted by atomic mass is 10.2. The summed E-state index contributed by atoms with van der Waals surface area (Å²) in [5.74, 6) is 3.11. The van der Waals surface area contributed by atoms with Crippen molar-refractivity contribution in [2.75, 3.05) is 27.4 Å². The lowest BCUT2D eigenvalue weighted by molar-refractivity contribution is 0.294. The summed E-state index contributed by atoms with van der Waals surface area (Å²) in [5, 5.41) is 6.63. The van der Waals surface area contributed by atoms with Crippen molar-refractivity contribution in [3.63, 3.8) is 0 Å². The van der Waals surface area contributed by atoms with Crippen LogP contribution in [-0.4, -0.2) is 33.3 Å². The molecular formula is C22H32IN3O3. The second-order valence-electron chi connectivity index (χ2n) is 6.23. The molecule has 0 saturated carbocycles. The Kier molecular flexibility index (Phi) is 11.9. The Labute approximate surface area is 191 Å². The van der Waals surface area contributed by atoms with Gasteiger partial charge >= 0.3 is 0 Å². The van der Waals surface area contributed by atoms with Crippen molar-refractivity contribution >= 4 is 29.9 Å². The van der Waals surface area contributed by atoms with Crippen LogP contribution in [0.5, 0.6) is 17.2 Å². The first kappa shape index (κ1) is 24.9. The maximum atomic E-state index is 5.71. The third kappa shape index (κ3) is 8.39. The highest BCUT2D eigenvalue weighted by atomic mass is 127. The van der Waals surface area contributed by atoms with E-state index in [1.165, 1.54) is 0 Å². The fourth-order valence-corrected chi connectivity index (χ4v) is 2.62. The van der Waals surface area contributed by atoms with Crippen LogP contribution in [0.15, 0.2) is 47.5 Å². The molecule has 0 aromatic heterocycles. The van der Waals surface area contributed by atoms with Crippen LogP contribution in [0, 0.1) is 0 Å². The van der Waals surface area contributed by atoms with E-state index in [2.05, 4.69) is 22.5 Å². The van der Waals surface area contributed by atoms with Crippen LogP contribution in [0.2, 0.25) is 0 Å². The van der Waals surface area contributed by atoms with E-state index < -0.39 is 0 Å². The molecule has 0 fully saturated rings. The van der Waals surface area contributed by atoms with Crippen molar-refractivity contribution < 1.29 is 14.2 Å². The molecule has 0 saturated heterocycles. The number of ether oxygens (including phenoxy) is 3. The summed E-state index contributed by atoms with van der Waals surface area (Å²) in [5.41, 5.74) is 2.18. The molecule has 6 nitrogen and oxygen atoms in total. The quantitative estimate of drug-likeness (QED) is 0.281. The number of hydrogen-bond donors (Lipinski definition) is 2. The Balaban J connectivity index is 0.00000420. The molecule has 0 spiro atoms. The number of guanidine groups is 1. The highest BCUT2D eigenvalue weighted by Gasteiger charge is 2.06. The largest absolute Gasteiger partial charge is 0.497 e. The molecule has 0 unspecified atom stereocenters. The molecule has 2 N–H and O–H groups in total. The zero-order valence-corrected chi connectivity index (χ0v) is 20.0. The van der Waals surface area contributed by atoms with Crippen molar-refractivity contribution in [3.05, 3.63) is 53.6 Å². The second kappa shape index (κ2) is 13.9. The predicted molar refractivity (Wildman–Crippen MR) is 129 cm³/mol. The Bertz CT molecular complexity index is 769. The van der Waals surface area contributed by atoms with Gasteiger partial charge in [0.15, 0.2) is 17.5 Å². The molecule has 160 valence electrons. The summed E-state index contributed by atoms with van der Waals surface area (Å²) in [6, 6.07) is 13.9. The lowest BCUT2D eigenvalue weighted by Crippen LogP contribution is -2.36. The Morgan fingerprint density at radius 3 is 2.45 bits per heavy atom. The summed E-state index contributed by atoms with van der Waals surface area (Å²) in [6.07, 6.45) is 0.961. The van der Waals surface area contributed by atoms with Crippen LogP contribution in [0.4, 0.5) is 0 Å². The summed E-state index contributed by atoms with van der Waals surface area (Å²) >= 11 is 0. The fourth-order valence-electron chi connectivity index (χ4n) is 2.62. The standard InChI is InChI=1S/C22H31N3O3.HI/c1-5-12-28-20-11-10-18(14-21(20)27-4)16-25-22(23-6-2)24-15-17-8-7-9-19(13-17)26-3;/h7-11,13-14H,5-6,12,15-16H2,1-4H3,(H2,23,24,25);1H. The average Bonchev–Trinajstić information content (AvgIpc) is 2.74. The summed E-state index contributed by atoms with van der Waals surface area (Å²) in [7, 11) is 3.33. The van der Waals surface area contributed by atoms with Gasteiger partial charge in [-0.2, -0.15) is 0 Å². The molecule has 2 aromatic carbocycles. The van der Waals surface area contributed by atoms with Gasteiger partial charge in [-0.15, -0.1) is 24.0 Å². The van der Waals surface area contributed by atoms with Crippen LogP contribution in [-0.2, 0) is 13.1 Å². The highest BCUT2D eigenvalue weighted by Crippen LogP contribution is 2.28. The van der Waals surface area contributed by atoms with E-state index in [9.17, 15) is 0 Å². The third-order valence-corrected chi connectivity index (χ3v) is 4.05. The van der Waals surface area contributed by atoms with Crippen LogP contribution in [0.25, 0.3) is 0 Å². The van der Waals surface area contributed by atoms with E-state index in [0.29, 0.717) is 19.7 Å². The molecule has 0 aliphatic heterocycles. The molecule has 0 aliphatic rings. The maximum Gasteiger partial charge on any atom is 0.191 e. The molecule has 0 aliphatic carbocycles. The average molecular weight is 513 g/mol. The first-order valence-corrected chi connectivity index (χ1v) is 9.65. The summed E-state index contributed by atoms with van der Waals surface area (Å²) < 4.78 is 16.4. The van der Waals surface area contributed by atoms with E-state index in [-0.39, 0.29) is 24.0 Å². The van der Waals surface area contributed by atoms with E-state index in [1.54, 1.807) is 14.2 Å². The van der Waals surface area contributed by atoms with Gasteiger partial charge < -0.3 is 24.8 Å². The van der Waals surface area contributed by atoms with E-state index in [0.717, 1.165) is 47.3 Å². The van der Waals surface area contributed by atoms with Gasteiger partial charge in [-0.05, 0) is 48.7 Å². The van der Waals surface area contributed by atoms with E-state index in [1.807, 2.05) is 49.4 Å². The number of benzene rings is 2. The normalized spacial score (nSPS) is 10.7. The third-order valence-electron chi connectivity index (χ3n) is 4.05. The van der Waals surface area contributed by atoms with E-state index >= 15 is 0 Å². The first-order valence-electron chi connectivity index (χ1n) is 9.65. The number of methoxy groups -OCH3 is 2.